The highest BCUT2D eigenvalue weighted by atomic mass is 16.6. The number of nitrogens with one attached hydrogen (secondary N) is 1. The predicted octanol–water partition coefficient (Wildman–Crippen LogP) is 4.60. The van der Waals surface area contributed by atoms with Crippen molar-refractivity contribution in [2.75, 3.05) is 19.6 Å². The Balaban J connectivity index is 1.68. The molecular weight excluding hydrogens is 402 g/mol. The van der Waals surface area contributed by atoms with Gasteiger partial charge in [-0.2, -0.15) is 0 Å². The first-order valence-corrected chi connectivity index (χ1v) is 11.2. The number of benzene rings is 2. The highest BCUT2D eigenvalue weighted by molar-refractivity contribution is 5.69. The van der Waals surface area contributed by atoms with E-state index >= 15 is 0 Å². The fraction of sp³-hybridized carbons (Fsp3) is 0.360. The van der Waals surface area contributed by atoms with E-state index in [1.807, 2.05) is 43.3 Å². The number of aryl methyl sites for hydroxylation is 1. The van der Waals surface area contributed by atoms with E-state index in [2.05, 4.69) is 17.1 Å². The van der Waals surface area contributed by atoms with Crippen LogP contribution in [0.3, 0.4) is 0 Å². The van der Waals surface area contributed by atoms with Crippen LogP contribution in [-0.4, -0.2) is 45.5 Å². The number of hydrogen-bond acceptors (Lipinski definition) is 6. The molecule has 32 heavy (non-hydrogen) atoms. The van der Waals surface area contributed by atoms with Gasteiger partial charge in [0.25, 0.3) is 5.69 Å². The largest absolute Gasteiger partial charge is 0.311 e. The highest BCUT2D eigenvalue weighted by Crippen LogP contribution is 2.29. The number of nitro benzene ring substituents is 1. The fourth-order valence-electron chi connectivity index (χ4n) is 4.44. The quantitative estimate of drug-likeness (QED) is 0.414. The van der Waals surface area contributed by atoms with E-state index in [9.17, 15) is 10.1 Å². The van der Waals surface area contributed by atoms with Crippen LogP contribution >= 0.6 is 0 Å². The second-order valence-electron chi connectivity index (χ2n) is 8.19. The van der Waals surface area contributed by atoms with Crippen LogP contribution in [0.4, 0.5) is 5.69 Å². The molecule has 1 aliphatic rings. The van der Waals surface area contributed by atoms with Gasteiger partial charge in [-0.1, -0.05) is 49.4 Å². The van der Waals surface area contributed by atoms with E-state index in [1.54, 1.807) is 12.1 Å². The molecule has 1 fully saturated rings. The van der Waals surface area contributed by atoms with E-state index in [4.69, 9.17) is 9.97 Å². The number of hydrogen-bond donors (Lipinski definition) is 1. The van der Waals surface area contributed by atoms with E-state index < -0.39 is 0 Å². The maximum Gasteiger partial charge on any atom is 0.270 e. The lowest BCUT2D eigenvalue weighted by Gasteiger charge is -2.23. The maximum atomic E-state index is 11.4. The molecule has 3 aromatic rings. The summed E-state index contributed by atoms with van der Waals surface area (Å²) in [6.45, 7) is 7.95. The van der Waals surface area contributed by atoms with Crippen molar-refractivity contribution in [3.8, 4) is 22.6 Å². The van der Waals surface area contributed by atoms with Crippen LogP contribution in [0.5, 0.6) is 0 Å². The monoisotopic (exact) mass is 431 g/mol. The minimum Gasteiger partial charge on any atom is -0.311 e. The summed E-state index contributed by atoms with van der Waals surface area (Å²) in [6, 6.07) is 17.1. The number of nitrogens with zero attached hydrogens (tertiary/aromatic N) is 4. The second-order valence-corrected chi connectivity index (χ2v) is 8.19. The first-order chi connectivity index (χ1) is 15.6. The summed E-state index contributed by atoms with van der Waals surface area (Å²) in [7, 11) is 0. The number of aromatic nitrogens is 2. The van der Waals surface area contributed by atoms with Gasteiger partial charge in [-0.25, -0.2) is 9.97 Å². The van der Waals surface area contributed by atoms with Crippen LogP contribution in [0.25, 0.3) is 22.6 Å². The van der Waals surface area contributed by atoms with Crippen LogP contribution < -0.4 is 5.32 Å². The molecule has 0 saturated carbocycles. The summed E-state index contributed by atoms with van der Waals surface area (Å²) < 4.78 is 0. The number of non-ortho nitro benzene ring substituents is 1. The summed E-state index contributed by atoms with van der Waals surface area (Å²) in [5, 5.41) is 15.0. The van der Waals surface area contributed by atoms with Crippen molar-refractivity contribution in [1.82, 2.24) is 20.2 Å². The molecule has 166 valence electrons. The Hall–Kier alpha value is -3.16. The summed E-state index contributed by atoms with van der Waals surface area (Å²) in [6.07, 6.45) is 2.45. The van der Waals surface area contributed by atoms with Gasteiger partial charge in [0, 0.05) is 53.6 Å². The first-order valence-electron chi connectivity index (χ1n) is 11.2. The zero-order chi connectivity index (χ0) is 22.5. The molecule has 1 saturated heterocycles. The molecule has 1 aliphatic heterocycles. The van der Waals surface area contributed by atoms with Crippen molar-refractivity contribution >= 4 is 5.69 Å². The predicted molar refractivity (Wildman–Crippen MR) is 126 cm³/mol. The van der Waals surface area contributed by atoms with Crippen LogP contribution in [0.1, 0.15) is 31.0 Å². The van der Waals surface area contributed by atoms with Gasteiger partial charge in [0.1, 0.15) is 0 Å². The highest BCUT2D eigenvalue weighted by Gasteiger charge is 2.23. The molecule has 1 unspecified atom stereocenters. The SMILES string of the molecule is CCN1CCCC1CNCc1c(C)nc(-c2ccccc2)nc1-c1cccc([N+](=O)[O-])c1. The van der Waals surface area contributed by atoms with Crippen molar-refractivity contribution in [3.63, 3.8) is 0 Å². The standard InChI is InChI=1S/C25H29N5O2/c1-3-29-14-8-13-22(29)16-26-17-23-18(2)27-25(19-9-5-4-6-10-19)28-24(23)20-11-7-12-21(15-20)30(31)32/h4-7,9-12,15,22,26H,3,8,13-14,16-17H2,1-2H3. The van der Waals surface area contributed by atoms with Gasteiger partial charge in [0.15, 0.2) is 5.82 Å². The molecule has 1 N–H and O–H groups in total. The van der Waals surface area contributed by atoms with Gasteiger partial charge in [0.05, 0.1) is 10.6 Å². The molecule has 7 heteroatoms. The summed E-state index contributed by atoms with van der Waals surface area (Å²) in [5.74, 6) is 0.626. The van der Waals surface area contributed by atoms with Crippen molar-refractivity contribution in [1.29, 1.82) is 0 Å². The zero-order valence-corrected chi connectivity index (χ0v) is 18.6. The van der Waals surface area contributed by atoms with E-state index in [0.717, 1.165) is 47.7 Å². The molecule has 0 bridgehead atoms. The first kappa shape index (κ1) is 22.0. The normalized spacial score (nSPS) is 16.4. The Kier molecular flexibility index (Phi) is 6.87. The maximum absolute atomic E-state index is 11.4. The third-order valence-corrected chi connectivity index (χ3v) is 6.16. The topological polar surface area (TPSA) is 84.2 Å². The lowest BCUT2D eigenvalue weighted by Crippen LogP contribution is -2.37. The molecule has 0 aliphatic carbocycles. The molecule has 7 nitrogen and oxygen atoms in total. The van der Waals surface area contributed by atoms with Gasteiger partial charge >= 0.3 is 0 Å². The second kappa shape index (κ2) is 9.97. The molecule has 1 aromatic heterocycles. The molecule has 4 rings (SSSR count). The Labute approximate surface area is 188 Å². The summed E-state index contributed by atoms with van der Waals surface area (Å²) >= 11 is 0. The number of rotatable bonds is 8. The minimum absolute atomic E-state index is 0.0588. The molecule has 0 amide bonds. The van der Waals surface area contributed by atoms with Crippen molar-refractivity contribution < 1.29 is 4.92 Å². The summed E-state index contributed by atoms with van der Waals surface area (Å²) in [4.78, 5) is 23.1. The number of likely N-dealkylation sites (tertiary alicyclic amines) is 1. The minimum atomic E-state index is -0.368. The average molecular weight is 432 g/mol. The van der Waals surface area contributed by atoms with Crippen molar-refractivity contribution in [2.24, 2.45) is 0 Å². The van der Waals surface area contributed by atoms with Gasteiger partial charge in [-0.05, 0) is 32.9 Å². The zero-order valence-electron chi connectivity index (χ0n) is 18.6. The van der Waals surface area contributed by atoms with E-state index in [1.165, 1.54) is 18.9 Å². The van der Waals surface area contributed by atoms with Gasteiger partial charge in [-0.3, -0.25) is 15.0 Å². The molecule has 2 heterocycles. The third-order valence-electron chi connectivity index (χ3n) is 6.16. The lowest BCUT2D eigenvalue weighted by atomic mass is 10.0. The van der Waals surface area contributed by atoms with Crippen LogP contribution in [-0.2, 0) is 6.54 Å². The smallest absolute Gasteiger partial charge is 0.270 e. The molecule has 0 spiro atoms. The van der Waals surface area contributed by atoms with Crippen molar-refractivity contribution in [2.45, 2.75) is 39.3 Å². The number of likely N-dealkylation sites (N-methyl/N-ethyl adjacent to an activating group) is 1. The molecule has 0 radical (unpaired) electrons. The molecule has 2 aromatic carbocycles. The van der Waals surface area contributed by atoms with Crippen LogP contribution in [0.15, 0.2) is 54.6 Å². The van der Waals surface area contributed by atoms with Crippen LogP contribution in [0.2, 0.25) is 0 Å². The van der Waals surface area contributed by atoms with Gasteiger partial charge in [0.2, 0.25) is 0 Å². The van der Waals surface area contributed by atoms with Gasteiger partial charge < -0.3 is 5.32 Å². The Morgan fingerprint density at radius 1 is 1.12 bits per heavy atom. The van der Waals surface area contributed by atoms with Crippen molar-refractivity contribution in [3.05, 3.63) is 76.0 Å². The molecule has 1 atom stereocenters. The lowest BCUT2D eigenvalue weighted by molar-refractivity contribution is -0.384. The molecular formula is C25H29N5O2. The number of nitro groups is 1. The Morgan fingerprint density at radius 2 is 1.91 bits per heavy atom. The van der Waals surface area contributed by atoms with E-state index in [0.29, 0.717) is 18.4 Å². The fourth-order valence-corrected chi connectivity index (χ4v) is 4.44. The van der Waals surface area contributed by atoms with E-state index in [-0.39, 0.29) is 10.6 Å². The Bertz CT molecular complexity index is 1090. The van der Waals surface area contributed by atoms with Gasteiger partial charge in [-0.15, -0.1) is 0 Å². The average Bonchev–Trinajstić information content (AvgIpc) is 3.28. The summed E-state index contributed by atoms with van der Waals surface area (Å²) in [5.41, 5.74) is 4.31. The Morgan fingerprint density at radius 3 is 2.66 bits per heavy atom. The van der Waals surface area contributed by atoms with Crippen LogP contribution in [0, 0.1) is 17.0 Å². The third kappa shape index (κ3) is 4.84.